The molecule has 0 amide bonds. The van der Waals surface area contributed by atoms with E-state index in [4.69, 9.17) is 17.0 Å². The second-order valence-corrected chi connectivity index (χ2v) is 4.19. The normalized spacial score (nSPS) is 12.6. The van der Waals surface area contributed by atoms with Crippen LogP contribution in [0.1, 0.15) is 27.2 Å². The molecule has 0 spiro atoms. The van der Waals surface area contributed by atoms with Gasteiger partial charge in [-0.05, 0) is 31.5 Å². The second-order valence-electron chi connectivity index (χ2n) is 3.78. The van der Waals surface area contributed by atoms with Crippen molar-refractivity contribution in [1.29, 1.82) is 0 Å². The molecule has 1 unspecified atom stereocenters. The van der Waals surface area contributed by atoms with E-state index in [1.807, 2.05) is 0 Å². The van der Waals surface area contributed by atoms with Crippen LogP contribution in [-0.2, 0) is 4.74 Å². The number of hydrogen-bond acceptors (Lipinski definition) is 2. The molecular formula is C10H22N2OS. The lowest BCUT2D eigenvalue weighted by molar-refractivity contribution is 0.195. The summed E-state index contributed by atoms with van der Waals surface area (Å²) in [5.74, 6) is 0.591. The minimum Gasteiger partial charge on any atom is -0.385 e. The minimum atomic E-state index is 0.414. The smallest absolute Gasteiger partial charge is 0.166 e. The van der Waals surface area contributed by atoms with E-state index < -0.39 is 0 Å². The van der Waals surface area contributed by atoms with Crippen molar-refractivity contribution in [2.75, 3.05) is 20.3 Å². The first-order chi connectivity index (χ1) is 6.57. The summed E-state index contributed by atoms with van der Waals surface area (Å²) in [5, 5.41) is 7.12. The van der Waals surface area contributed by atoms with Gasteiger partial charge in [0, 0.05) is 26.3 Å². The lowest BCUT2D eigenvalue weighted by atomic mass is 10.1. The van der Waals surface area contributed by atoms with Gasteiger partial charge in [0.1, 0.15) is 0 Å². The lowest BCUT2D eigenvalue weighted by Crippen LogP contribution is -2.43. The molecule has 0 aliphatic rings. The fourth-order valence-electron chi connectivity index (χ4n) is 0.843. The highest BCUT2D eigenvalue weighted by atomic mass is 32.1. The third-order valence-electron chi connectivity index (χ3n) is 2.17. The molecule has 0 saturated carbocycles. The average molecular weight is 218 g/mol. The molecule has 0 heterocycles. The van der Waals surface area contributed by atoms with Crippen molar-refractivity contribution in [3.05, 3.63) is 0 Å². The second kappa shape index (κ2) is 8.00. The summed E-state index contributed by atoms with van der Waals surface area (Å²) in [6.07, 6.45) is 0.981. The number of hydrogen-bond donors (Lipinski definition) is 2. The third kappa shape index (κ3) is 7.09. The Labute approximate surface area is 92.6 Å². The molecule has 2 N–H and O–H groups in total. The van der Waals surface area contributed by atoms with E-state index in [1.54, 1.807) is 7.11 Å². The van der Waals surface area contributed by atoms with Crippen molar-refractivity contribution in [1.82, 2.24) is 10.6 Å². The van der Waals surface area contributed by atoms with Gasteiger partial charge in [-0.25, -0.2) is 0 Å². The van der Waals surface area contributed by atoms with E-state index in [2.05, 4.69) is 31.4 Å². The van der Waals surface area contributed by atoms with Crippen LogP contribution in [0.4, 0.5) is 0 Å². The fraction of sp³-hybridized carbons (Fsp3) is 0.900. The maximum absolute atomic E-state index is 5.14. The molecule has 1 atom stereocenters. The Balaban J connectivity index is 3.45. The van der Waals surface area contributed by atoms with Crippen LogP contribution in [0, 0.1) is 5.92 Å². The quantitative estimate of drug-likeness (QED) is 0.523. The van der Waals surface area contributed by atoms with Crippen molar-refractivity contribution in [3.8, 4) is 0 Å². The summed E-state index contributed by atoms with van der Waals surface area (Å²) in [5.41, 5.74) is 0. The summed E-state index contributed by atoms with van der Waals surface area (Å²) < 4.78 is 4.94. The number of thiocarbonyl (C=S) groups is 1. The van der Waals surface area contributed by atoms with Crippen LogP contribution in [0.25, 0.3) is 0 Å². The zero-order chi connectivity index (χ0) is 11.0. The van der Waals surface area contributed by atoms with Gasteiger partial charge in [-0.15, -0.1) is 0 Å². The van der Waals surface area contributed by atoms with E-state index in [1.165, 1.54) is 0 Å². The van der Waals surface area contributed by atoms with Crippen LogP contribution >= 0.6 is 12.2 Å². The molecule has 0 rings (SSSR count). The van der Waals surface area contributed by atoms with Crippen molar-refractivity contribution < 1.29 is 4.74 Å². The highest BCUT2D eigenvalue weighted by Crippen LogP contribution is 1.98. The summed E-state index contributed by atoms with van der Waals surface area (Å²) >= 11 is 5.14. The average Bonchev–Trinajstić information content (AvgIpc) is 2.12. The zero-order valence-electron chi connectivity index (χ0n) is 9.59. The van der Waals surface area contributed by atoms with Gasteiger partial charge in [-0.2, -0.15) is 0 Å². The van der Waals surface area contributed by atoms with Gasteiger partial charge in [0.2, 0.25) is 0 Å². The van der Waals surface area contributed by atoms with E-state index in [-0.39, 0.29) is 0 Å². The van der Waals surface area contributed by atoms with Gasteiger partial charge in [0.15, 0.2) is 5.11 Å². The molecule has 3 nitrogen and oxygen atoms in total. The lowest BCUT2D eigenvalue weighted by Gasteiger charge is -2.19. The maximum atomic E-state index is 5.14. The van der Waals surface area contributed by atoms with E-state index in [9.17, 15) is 0 Å². The van der Waals surface area contributed by atoms with Gasteiger partial charge >= 0.3 is 0 Å². The highest BCUT2D eigenvalue weighted by Gasteiger charge is 2.07. The van der Waals surface area contributed by atoms with E-state index in [0.717, 1.165) is 24.7 Å². The first kappa shape index (κ1) is 13.7. The predicted octanol–water partition coefficient (Wildman–Crippen LogP) is 1.53. The molecule has 0 aliphatic carbocycles. The topological polar surface area (TPSA) is 33.3 Å². The van der Waals surface area contributed by atoms with Gasteiger partial charge in [0.25, 0.3) is 0 Å². The summed E-state index contributed by atoms with van der Waals surface area (Å²) in [6, 6.07) is 0.414. The maximum Gasteiger partial charge on any atom is 0.166 e. The van der Waals surface area contributed by atoms with Crippen LogP contribution in [0.3, 0.4) is 0 Å². The Morgan fingerprint density at radius 2 is 2.00 bits per heavy atom. The van der Waals surface area contributed by atoms with E-state index >= 15 is 0 Å². The Hall–Kier alpha value is -0.350. The van der Waals surface area contributed by atoms with Crippen LogP contribution in [0.15, 0.2) is 0 Å². The molecule has 0 bridgehead atoms. The summed E-state index contributed by atoms with van der Waals surface area (Å²) in [7, 11) is 1.71. The Kier molecular flexibility index (Phi) is 7.80. The molecule has 0 saturated heterocycles. The zero-order valence-corrected chi connectivity index (χ0v) is 10.4. The van der Waals surface area contributed by atoms with Crippen molar-refractivity contribution >= 4 is 17.3 Å². The molecule has 0 aliphatic heterocycles. The number of ether oxygens (including phenoxy) is 1. The predicted molar refractivity (Wildman–Crippen MR) is 64.5 cm³/mol. The van der Waals surface area contributed by atoms with Crippen molar-refractivity contribution in [2.24, 2.45) is 5.92 Å². The molecule has 0 aromatic heterocycles. The molecule has 0 radical (unpaired) electrons. The van der Waals surface area contributed by atoms with Crippen LogP contribution < -0.4 is 10.6 Å². The largest absolute Gasteiger partial charge is 0.385 e. The van der Waals surface area contributed by atoms with Crippen LogP contribution in [0.2, 0.25) is 0 Å². The molecule has 4 heteroatoms. The number of methoxy groups -OCH3 is 1. The third-order valence-corrected chi connectivity index (χ3v) is 2.43. The number of rotatable bonds is 6. The monoisotopic (exact) mass is 218 g/mol. The summed E-state index contributed by atoms with van der Waals surface area (Å²) in [6.45, 7) is 8.12. The SMILES string of the molecule is COCCCNC(=S)NC(C)C(C)C. The fourth-order valence-corrected chi connectivity index (χ4v) is 1.13. The molecule has 0 aromatic rings. The van der Waals surface area contributed by atoms with Gasteiger partial charge in [-0.1, -0.05) is 13.8 Å². The molecule has 84 valence electrons. The molecule has 0 fully saturated rings. The Morgan fingerprint density at radius 3 is 2.50 bits per heavy atom. The summed E-state index contributed by atoms with van der Waals surface area (Å²) in [4.78, 5) is 0. The van der Waals surface area contributed by atoms with Crippen LogP contribution in [0.5, 0.6) is 0 Å². The van der Waals surface area contributed by atoms with Crippen LogP contribution in [-0.4, -0.2) is 31.4 Å². The van der Waals surface area contributed by atoms with Gasteiger partial charge in [-0.3, -0.25) is 0 Å². The molecule has 14 heavy (non-hydrogen) atoms. The first-order valence-corrected chi connectivity index (χ1v) is 5.52. The van der Waals surface area contributed by atoms with Gasteiger partial charge in [0.05, 0.1) is 0 Å². The molecule has 0 aromatic carbocycles. The standard InChI is InChI=1S/C10H22N2OS/c1-8(2)9(3)12-10(14)11-6-5-7-13-4/h8-9H,5-7H2,1-4H3,(H2,11,12,14). The van der Waals surface area contributed by atoms with Gasteiger partial charge < -0.3 is 15.4 Å². The van der Waals surface area contributed by atoms with Crippen molar-refractivity contribution in [2.45, 2.75) is 33.2 Å². The van der Waals surface area contributed by atoms with E-state index in [0.29, 0.717) is 12.0 Å². The minimum absolute atomic E-state index is 0.414. The first-order valence-electron chi connectivity index (χ1n) is 5.11. The van der Waals surface area contributed by atoms with Crippen molar-refractivity contribution in [3.63, 3.8) is 0 Å². The Morgan fingerprint density at radius 1 is 1.36 bits per heavy atom. The highest BCUT2D eigenvalue weighted by molar-refractivity contribution is 7.80. The molecular weight excluding hydrogens is 196 g/mol. The Bertz CT molecular complexity index is 162. The number of nitrogens with one attached hydrogen (secondary N) is 2.